The van der Waals surface area contributed by atoms with Crippen molar-refractivity contribution in [3.05, 3.63) is 44.6 Å². The van der Waals surface area contributed by atoms with Gasteiger partial charge in [-0.3, -0.25) is 4.79 Å². The first-order chi connectivity index (χ1) is 16.1. The van der Waals surface area contributed by atoms with Crippen LogP contribution in [-0.2, 0) is 36.9 Å². The maximum atomic E-state index is 12.9. The molecule has 180 valence electrons. The zero-order valence-corrected chi connectivity index (χ0v) is 21.3. The van der Waals surface area contributed by atoms with Crippen molar-refractivity contribution in [1.82, 2.24) is 9.80 Å². The highest BCUT2D eigenvalue weighted by atomic mass is 32.1. The van der Waals surface area contributed by atoms with Crippen LogP contribution in [0.3, 0.4) is 0 Å². The van der Waals surface area contributed by atoms with Crippen LogP contribution in [0.15, 0.2) is 17.5 Å². The van der Waals surface area contributed by atoms with Crippen LogP contribution in [-0.4, -0.2) is 63.2 Å². The lowest BCUT2D eigenvalue weighted by Crippen LogP contribution is -2.35. The first kappa shape index (κ1) is 24.1. The van der Waals surface area contributed by atoms with Crippen molar-refractivity contribution in [2.24, 2.45) is 0 Å². The summed E-state index contributed by atoms with van der Waals surface area (Å²) in [6, 6.07) is 4.00. The molecule has 0 radical (unpaired) electrons. The predicted molar refractivity (Wildman–Crippen MR) is 135 cm³/mol. The molecule has 0 spiro atoms. The van der Waals surface area contributed by atoms with Crippen LogP contribution in [0, 0.1) is 0 Å². The van der Waals surface area contributed by atoms with Crippen molar-refractivity contribution in [3.63, 3.8) is 0 Å². The molecule has 0 saturated carbocycles. The SMILES string of the molecule is COc1cc2c(cc1OC)CC(=O)N(CCCN(C)CCCc1csc3c1CCCC3)CC2. The molecule has 1 aromatic heterocycles. The van der Waals surface area contributed by atoms with Crippen molar-refractivity contribution in [2.75, 3.05) is 47.4 Å². The smallest absolute Gasteiger partial charge is 0.227 e. The van der Waals surface area contributed by atoms with Crippen LogP contribution < -0.4 is 9.47 Å². The Morgan fingerprint density at radius 2 is 1.73 bits per heavy atom. The summed E-state index contributed by atoms with van der Waals surface area (Å²) in [6.07, 6.45) is 10.0. The van der Waals surface area contributed by atoms with E-state index in [2.05, 4.69) is 17.3 Å². The molecule has 1 aliphatic heterocycles. The Hall–Kier alpha value is -2.05. The number of thiophene rings is 1. The Morgan fingerprint density at radius 1 is 1.00 bits per heavy atom. The highest BCUT2D eigenvalue weighted by Gasteiger charge is 2.22. The molecule has 33 heavy (non-hydrogen) atoms. The number of ether oxygens (including phenoxy) is 2. The van der Waals surface area contributed by atoms with E-state index in [-0.39, 0.29) is 5.91 Å². The molecule has 0 atom stereocenters. The van der Waals surface area contributed by atoms with E-state index in [1.54, 1.807) is 30.2 Å². The number of hydrogen-bond acceptors (Lipinski definition) is 5. The molecular formula is C27H38N2O3S. The molecular weight excluding hydrogens is 432 g/mol. The third-order valence-electron chi connectivity index (χ3n) is 7.15. The minimum atomic E-state index is 0.214. The van der Waals surface area contributed by atoms with E-state index >= 15 is 0 Å². The van der Waals surface area contributed by atoms with Gasteiger partial charge in [-0.1, -0.05) is 0 Å². The first-order valence-electron chi connectivity index (χ1n) is 12.4. The van der Waals surface area contributed by atoms with E-state index in [1.165, 1.54) is 44.1 Å². The minimum absolute atomic E-state index is 0.214. The van der Waals surface area contributed by atoms with Crippen LogP contribution in [0.5, 0.6) is 11.5 Å². The van der Waals surface area contributed by atoms with Gasteiger partial charge in [-0.05, 0) is 111 Å². The van der Waals surface area contributed by atoms with Gasteiger partial charge in [0.2, 0.25) is 5.91 Å². The second-order valence-electron chi connectivity index (χ2n) is 9.41. The third kappa shape index (κ3) is 5.90. The number of carbonyl (C=O) groups excluding carboxylic acids is 1. The zero-order valence-electron chi connectivity index (χ0n) is 20.5. The van der Waals surface area contributed by atoms with Gasteiger partial charge in [0.15, 0.2) is 11.5 Å². The van der Waals surface area contributed by atoms with E-state index in [1.807, 2.05) is 28.4 Å². The lowest BCUT2D eigenvalue weighted by Gasteiger charge is -2.23. The average molecular weight is 471 g/mol. The summed E-state index contributed by atoms with van der Waals surface area (Å²) < 4.78 is 10.9. The quantitative estimate of drug-likeness (QED) is 0.512. The van der Waals surface area contributed by atoms with Gasteiger partial charge in [0.25, 0.3) is 0 Å². The fourth-order valence-electron chi connectivity index (χ4n) is 5.21. The molecule has 1 aliphatic carbocycles. The van der Waals surface area contributed by atoms with Gasteiger partial charge in [0, 0.05) is 18.0 Å². The number of hydrogen-bond donors (Lipinski definition) is 0. The summed E-state index contributed by atoms with van der Waals surface area (Å²) in [5, 5.41) is 2.41. The van der Waals surface area contributed by atoms with Crippen molar-refractivity contribution in [2.45, 2.75) is 57.8 Å². The van der Waals surface area contributed by atoms with Crippen molar-refractivity contribution in [1.29, 1.82) is 0 Å². The van der Waals surface area contributed by atoms with Crippen LogP contribution in [0.2, 0.25) is 0 Å². The molecule has 0 N–H and O–H groups in total. The fourth-order valence-corrected chi connectivity index (χ4v) is 6.39. The first-order valence-corrected chi connectivity index (χ1v) is 13.2. The lowest BCUT2D eigenvalue weighted by molar-refractivity contribution is -0.130. The Morgan fingerprint density at radius 3 is 2.52 bits per heavy atom. The maximum Gasteiger partial charge on any atom is 0.227 e. The highest BCUT2D eigenvalue weighted by molar-refractivity contribution is 7.10. The number of rotatable bonds is 10. The summed E-state index contributed by atoms with van der Waals surface area (Å²) in [5.41, 5.74) is 5.53. The average Bonchev–Trinajstić information content (AvgIpc) is 3.17. The summed E-state index contributed by atoms with van der Waals surface area (Å²) in [4.78, 5) is 19.0. The standard InChI is InChI=1S/C27H38N2O3S/c1-28(12-6-8-21-19-33-26-10-5-4-9-23(21)26)13-7-14-29-15-11-20-16-24(31-2)25(32-3)17-22(20)18-27(29)30/h16-17,19H,4-15,18H2,1-3H3. The Kier molecular flexibility index (Phi) is 8.31. The molecule has 6 heteroatoms. The molecule has 1 aromatic carbocycles. The molecule has 0 fully saturated rings. The van der Waals surface area contributed by atoms with E-state index in [9.17, 15) is 4.79 Å². The van der Waals surface area contributed by atoms with E-state index in [0.717, 1.165) is 50.3 Å². The Balaban J connectivity index is 1.21. The van der Waals surface area contributed by atoms with Gasteiger partial charge in [-0.25, -0.2) is 0 Å². The molecule has 2 heterocycles. The summed E-state index contributed by atoms with van der Waals surface area (Å²) in [6.45, 7) is 3.74. The molecule has 1 amide bonds. The van der Waals surface area contributed by atoms with Crippen molar-refractivity contribution >= 4 is 17.2 Å². The number of nitrogens with zero attached hydrogens (tertiary/aromatic N) is 2. The summed E-state index contributed by atoms with van der Waals surface area (Å²) in [7, 11) is 5.50. The summed E-state index contributed by atoms with van der Waals surface area (Å²) >= 11 is 1.98. The predicted octanol–water partition coefficient (Wildman–Crippen LogP) is 4.53. The molecule has 0 unspecified atom stereocenters. The fraction of sp³-hybridized carbons (Fsp3) is 0.593. The second kappa shape index (κ2) is 11.4. The lowest BCUT2D eigenvalue weighted by atomic mass is 9.94. The largest absolute Gasteiger partial charge is 0.493 e. The molecule has 4 rings (SSSR count). The highest BCUT2D eigenvalue weighted by Crippen LogP contribution is 2.33. The van der Waals surface area contributed by atoms with Crippen LogP contribution >= 0.6 is 11.3 Å². The van der Waals surface area contributed by atoms with Crippen LogP contribution in [0.25, 0.3) is 0 Å². The van der Waals surface area contributed by atoms with Gasteiger partial charge in [-0.15, -0.1) is 11.3 Å². The third-order valence-corrected chi connectivity index (χ3v) is 8.29. The van der Waals surface area contributed by atoms with Crippen LogP contribution in [0.4, 0.5) is 0 Å². The number of benzene rings is 1. The molecule has 2 aromatic rings. The van der Waals surface area contributed by atoms with Crippen molar-refractivity contribution in [3.8, 4) is 11.5 Å². The monoisotopic (exact) mass is 470 g/mol. The topological polar surface area (TPSA) is 42.0 Å². The van der Waals surface area contributed by atoms with Crippen molar-refractivity contribution < 1.29 is 14.3 Å². The molecule has 0 saturated heterocycles. The van der Waals surface area contributed by atoms with Gasteiger partial charge >= 0.3 is 0 Å². The molecule has 2 aliphatic rings. The Bertz CT molecular complexity index is 955. The van der Waals surface area contributed by atoms with Crippen LogP contribution in [0.1, 0.15) is 52.8 Å². The molecule has 5 nitrogen and oxygen atoms in total. The maximum absolute atomic E-state index is 12.9. The number of fused-ring (bicyclic) bond motifs is 2. The van der Waals surface area contributed by atoms with E-state index in [4.69, 9.17) is 9.47 Å². The Labute approximate surface area is 202 Å². The van der Waals surface area contributed by atoms with E-state index in [0.29, 0.717) is 12.2 Å². The van der Waals surface area contributed by atoms with Gasteiger partial charge < -0.3 is 19.3 Å². The van der Waals surface area contributed by atoms with Gasteiger partial charge in [0.1, 0.15) is 0 Å². The number of methoxy groups -OCH3 is 2. The number of carbonyl (C=O) groups is 1. The zero-order chi connectivity index (χ0) is 23.2. The normalized spacial score (nSPS) is 15.9. The minimum Gasteiger partial charge on any atom is -0.493 e. The van der Waals surface area contributed by atoms with Gasteiger partial charge in [0.05, 0.1) is 20.6 Å². The number of aryl methyl sites for hydroxylation is 2. The van der Waals surface area contributed by atoms with Gasteiger partial charge in [-0.2, -0.15) is 0 Å². The summed E-state index contributed by atoms with van der Waals surface area (Å²) in [5.74, 6) is 1.65. The second-order valence-corrected chi connectivity index (χ2v) is 10.4. The number of amides is 1. The van der Waals surface area contributed by atoms with E-state index < -0.39 is 0 Å². The molecule has 0 bridgehead atoms.